The van der Waals surface area contributed by atoms with Gasteiger partial charge in [0.2, 0.25) is 0 Å². The maximum Gasteiger partial charge on any atom is 0.696 e. The third kappa shape index (κ3) is 7.57. The van der Waals surface area contributed by atoms with Crippen LogP contribution in [0.25, 0.3) is 0 Å². The largest absolute Gasteiger partial charge is 0.696 e. The molecule has 8 nitrogen and oxygen atoms in total. The maximum atomic E-state index is 10.5. The summed E-state index contributed by atoms with van der Waals surface area (Å²) in [4.78, 5) is 18.6. The van der Waals surface area contributed by atoms with Crippen molar-refractivity contribution in [2.45, 2.75) is 6.42 Å². The predicted octanol–water partition coefficient (Wildman–Crippen LogP) is 1.48. The Labute approximate surface area is 117 Å². The average molecular weight is 323 g/mol. The van der Waals surface area contributed by atoms with Crippen LogP contribution < -0.4 is 0 Å². The predicted molar refractivity (Wildman–Crippen MR) is 70.1 cm³/mol. The van der Waals surface area contributed by atoms with Crippen LogP contribution in [-0.2, 0) is 24.6 Å². The Morgan fingerprint density at radius 1 is 1.00 bits per heavy atom. The third-order valence-corrected chi connectivity index (χ3v) is 3.03. The summed E-state index contributed by atoms with van der Waals surface area (Å²) in [6.07, 6.45) is 0.553. The van der Waals surface area contributed by atoms with Gasteiger partial charge in [-0.05, 0) is 24.1 Å². The number of hydrogen-bond acceptors (Lipinski definition) is 6. The highest BCUT2D eigenvalue weighted by Gasteiger charge is 2.20. The first-order valence-corrected chi connectivity index (χ1v) is 7.82. The molecule has 10 heteroatoms. The summed E-state index contributed by atoms with van der Waals surface area (Å²) in [6.45, 7) is -0.0168. The Morgan fingerprint density at radius 3 is 1.95 bits per heavy atom. The second kappa shape index (κ2) is 9.05. The van der Waals surface area contributed by atoms with E-state index < -0.39 is 16.5 Å². The van der Waals surface area contributed by atoms with Crippen molar-refractivity contribution in [1.29, 1.82) is 0 Å². The van der Waals surface area contributed by atoms with Gasteiger partial charge in [-0.3, -0.25) is 0 Å². The molecule has 0 heterocycles. The van der Waals surface area contributed by atoms with Crippen LogP contribution in [0.15, 0.2) is 24.3 Å². The van der Waals surface area contributed by atoms with Crippen molar-refractivity contribution in [3.05, 3.63) is 29.8 Å². The molecule has 0 aliphatic rings. The van der Waals surface area contributed by atoms with E-state index in [2.05, 4.69) is 9.05 Å². The lowest BCUT2D eigenvalue weighted by Gasteiger charge is -2.15. The van der Waals surface area contributed by atoms with Crippen LogP contribution in [0, 0.1) is 0 Å². The van der Waals surface area contributed by atoms with Crippen molar-refractivity contribution >= 4 is 16.5 Å². The first-order valence-electron chi connectivity index (χ1n) is 5.55. The van der Waals surface area contributed by atoms with Gasteiger partial charge in [0.05, 0.1) is 0 Å². The first kappa shape index (κ1) is 17.1. The van der Waals surface area contributed by atoms with E-state index in [0.717, 1.165) is 5.56 Å². The third-order valence-electron chi connectivity index (χ3n) is 2.35. The van der Waals surface area contributed by atoms with Gasteiger partial charge in [0, 0.05) is 15.7 Å². The van der Waals surface area contributed by atoms with Crippen LogP contribution in [-0.4, -0.2) is 39.8 Å². The summed E-state index contributed by atoms with van der Waals surface area (Å²) in [5, 5.41) is 9.15. The highest BCUT2D eigenvalue weighted by Crippen LogP contribution is 2.18. The molecule has 0 bridgehead atoms. The Bertz CT molecular complexity index is 435. The molecule has 0 saturated heterocycles. The van der Waals surface area contributed by atoms with Crippen LogP contribution >= 0.6 is 16.5 Å². The Kier molecular flexibility index (Phi) is 7.72. The van der Waals surface area contributed by atoms with E-state index in [-0.39, 0.29) is 19.2 Å². The molecule has 0 aliphatic heterocycles. The molecule has 0 fully saturated rings. The highest BCUT2D eigenvalue weighted by atomic mass is 31.1. The normalized spacial score (nSPS) is 12.6. The molecule has 1 aromatic rings. The van der Waals surface area contributed by atoms with E-state index in [1.807, 2.05) is 0 Å². The van der Waals surface area contributed by atoms with E-state index in [0.29, 0.717) is 13.0 Å². The van der Waals surface area contributed by atoms with E-state index in [1.165, 1.54) is 4.90 Å². The van der Waals surface area contributed by atoms with Crippen molar-refractivity contribution in [3.63, 3.8) is 0 Å². The minimum Gasteiger partial charge on any atom is -0.508 e. The lowest BCUT2D eigenvalue weighted by Crippen LogP contribution is -2.29. The van der Waals surface area contributed by atoms with Crippen molar-refractivity contribution in [3.8, 4) is 5.75 Å². The monoisotopic (exact) mass is 323 g/mol. The van der Waals surface area contributed by atoms with Crippen LogP contribution in [0.1, 0.15) is 5.56 Å². The van der Waals surface area contributed by atoms with Gasteiger partial charge in [-0.1, -0.05) is 12.1 Å². The Morgan fingerprint density at radius 2 is 1.50 bits per heavy atom. The second-order valence-corrected chi connectivity index (χ2v) is 5.27. The summed E-state index contributed by atoms with van der Waals surface area (Å²) < 4.78 is 30.0. The molecule has 0 radical (unpaired) electrons. The van der Waals surface area contributed by atoms with Gasteiger partial charge < -0.3 is 5.11 Å². The van der Waals surface area contributed by atoms with Crippen LogP contribution in [0.5, 0.6) is 5.75 Å². The fourth-order valence-corrected chi connectivity index (χ4v) is 1.90. The molecule has 1 aromatic carbocycles. The molecule has 0 aliphatic carbocycles. The molecule has 3 N–H and O–H groups in total. The molecule has 0 saturated carbocycles. The molecule has 0 amide bonds. The maximum absolute atomic E-state index is 10.5. The zero-order valence-corrected chi connectivity index (χ0v) is 12.2. The average Bonchev–Trinajstić information content (AvgIpc) is 2.39. The SMILES string of the molecule is O=[P+](O)OCN(CCc1ccc(O)cc1)CO[P+](=O)O. The zero-order chi connectivity index (χ0) is 15.0. The second-order valence-electron chi connectivity index (χ2n) is 3.80. The molecule has 2 atom stereocenters. The highest BCUT2D eigenvalue weighted by molar-refractivity contribution is 7.32. The summed E-state index contributed by atoms with van der Waals surface area (Å²) in [7, 11) is -5.49. The summed E-state index contributed by atoms with van der Waals surface area (Å²) in [5.41, 5.74) is 0.926. The number of aromatic hydroxyl groups is 1. The van der Waals surface area contributed by atoms with E-state index in [1.54, 1.807) is 24.3 Å². The number of nitrogens with zero attached hydrogens (tertiary/aromatic N) is 1. The summed E-state index contributed by atoms with van der Waals surface area (Å²) in [6, 6.07) is 6.55. The Balaban J connectivity index is 2.47. The van der Waals surface area contributed by atoms with Gasteiger partial charge in [-0.25, -0.2) is 4.90 Å². The molecule has 0 spiro atoms. The van der Waals surface area contributed by atoms with Gasteiger partial charge in [-0.2, -0.15) is 0 Å². The Hall–Kier alpha value is -0.980. The lowest BCUT2D eigenvalue weighted by atomic mass is 10.1. The van der Waals surface area contributed by atoms with Gasteiger partial charge in [0.15, 0.2) is 13.5 Å². The molecular weight excluding hydrogens is 308 g/mol. The fraction of sp³-hybridized carbons (Fsp3) is 0.400. The van der Waals surface area contributed by atoms with Crippen LogP contribution in [0.3, 0.4) is 0 Å². The molecule has 20 heavy (non-hydrogen) atoms. The van der Waals surface area contributed by atoms with Crippen molar-refractivity contribution in [2.75, 3.05) is 20.0 Å². The number of benzene rings is 1. The fourth-order valence-electron chi connectivity index (χ4n) is 1.38. The molecular formula is C10H15NO7P2+2. The molecule has 110 valence electrons. The van der Waals surface area contributed by atoms with Crippen molar-refractivity contribution in [1.82, 2.24) is 4.90 Å². The van der Waals surface area contributed by atoms with Gasteiger partial charge in [0.1, 0.15) is 5.75 Å². The van der Waals surface area contributed by atoms with Crippen molar-refractivity contribution in [2.24, 2.45) is 0 Å². The van der Waals surface area contributed by atoms with Crippen molar-refractivity contribution < 1.29 is 33.1 Å². The standard InChI is InChI=1S/C10H13NO7P2/c12-10-3-1-9(2-4-10)5-6-11(7-17-19(13)14)8-18-20(15)16/h1-4H,5-8H2,(H-2,12,13,14,15,16)/p+2. The molecule has 1 rings (SSSR count). The molecule has 0 aromatic heterocycles. The summed E-state index contributed by atoms with van der Waals surface area (Å²) in [5.74, 6) is 0.159. The smallest absolute Gasteiger partial charge is 0.508 e. The summed E-state index contributed by atoms with van der Waals surface area (Å²) >= 11 is 0. The quantitative estimate of drug-likeness (QED) is 0.462. The van der Waals surface area contributed by atoms with Gasteiger partial charge in [-0.15, -0.1) is 18.8 Å². The number of phenols is 1. The van der Waals surface area contributed by atoms with Gasteiger partial charge in [0.25, 0.3) is 0 Å². The minimum absolute atomic E-state index is 0.159. The number of hydrogen-bond donors (Lipinski definition) is 3. The molecule has 2 unspecified atom stereocenters. The van der Waals surface area contributed by atoms with E-state index in [9.17, 15) is 9.13 Å². The topological polar surface area (TPSA) is 117 Å². The lowest BCUT2D eigenvalue weighted by molar-refractivity contribution is 0.0516. The van der Waals surface area contributed by atoms with E-state index in [4.69, 9.17) is 14.9 Å². The minimum atomic E-state index is -2.74. The van der Waals surface area contributed by atoms with E-state index >= 15 is 0 Å². The van der Waals surface area contributed by atoms with Gasteiger partial charge >= 0.3 is 16.5 Å². The number of rotatable bonds is 9. The zero-order valence-electron chi connectivity index (χ0n) is 10.5. The number of phenolic OH excluding ortho intramolecular Hbond substituents is 1. The van der Waals surface area contributed by atoms with Crippen LogP contribution in [0.4, 0.5) is 0 Å². The van der Waals surface area contributed by atoms with Crippen LogP contribution in [0.2, 0.25) is 0 Å². The first-order chi connectivity index (χ1) is 9.47.